The predicted molar refractivity (Wildman–Crippen MR) is 77.4 cm³/mol. The second-order valence-corrected chi connectivity index (χ2v) is 5.10. The maximum atomic E-state index is 12.1. The van der Waals surface area contributed by atoms with Crippen LogP contribution in [0.4, 0.5) is 5.82 Å². The van der Waals surface area contributed by atoms with Crippen LogP contribution in [0.5, 0.6) is 0 Å². The van der Waals surface area contributed by atoms with E-state index < -0.39 is 17.2 Å². The van der Waals surface area contributed by atoms with Gasteiger partial charge in [-0.15, -0.1) is 0 Å². The fourth-order valence-corrected chi connectivity index (χ4v) is 1.79. The topological polar surface area (TPSA) is 113 Å². The third kappa shape index (κ3) is 3.28. The fraction of sp³-hybridized carbons (Fsp3) is 0.385. The molecule has 0 aliphatic heterocycles. The second-order valence-electron chi connectivity index (χ2n) is 5.10. The summed E-state index contributed by atoms with van der Waals surface area (Å²) in [7, 11) is 0. The molecule has 8 heteroatoms. The van der Waals surface area contributed by atoms with Gasteiger partial charge in [0.05, 0.1) is 12.2 Å². The van der Waals surface area contributed by atoms with E-state index in [-0.39, 0.29) is 11.7 Å². The van der Waals surface area contributed by atoms with Gasteiger partial charge < -0.3 is 10.3 Å². The van der Waals surface area contributed by atoms with Crippen molar-refractivity contribution in [3.8, 4) is 0 Å². The largest absolute Gasteiger partial charge is 0.326 e. The molecule has 8 nitrogen and oxygen atoms in total. The molecule has 2 heterocycles. The molecule has 0 aliphatic rings. The number of H-pyrrole nitrogens is 2. The van der Waals surface area contributed by atoms with Crippen molar-refractivity contribution in [2.75, 3.05) is 5.32 Å². The summed E-state index contributed by atoms with van der Waals surface area (Å²) in [5.74, 6) is 0.262. The molecule has 1 amide bonds. The summed E-state index contributed by atoms with van der Waals surface area (Å²) in [5.41, 5.74) is -1.46. The zero-order chi connectivity index (χ0) is 15.6. The number of aromatic nitrogens is 4. The van der Waals surface area contributed by atoms with Crippen LogP contribution in [0.3, 0.4) is 0 Å². The van der Waals surface area contributed by atoms with Crippen LogP contribution in [0, 0.1) is 5.92 Å². The summed E-state index contributed by atoms with van der Waals surface area (Å²) in [5, 5.41) is 6.82. The number of nitrogens with zero attached hydrogens (tertiary/aromatic N) is 2. The Kier molecular flexibility index (Phi) is 4.06. The highest BCUT2D eigenvalue weighted by atomic mass is 16.2. The summed E-state index contributed by atoms with van der Waals surface area (Å²) < 4.78 is 1.69. The molecule has 0 saturated heterocycles. The van der Waals surface area contributed by atoms with Gasteiger partial charge in [-0.1, -0.05) is 13.8 Å². The van der Waals surface area contributed by atoms with Crippen molar-refractivity contribution in [2.24, 2.45) is 5.92 Å². The molecule has 2 aromatic rings. The van der Waals surface area contributed by atoms with Crippen LogP contribution in [-0.4, -0.2) is 25.7 Å². The van der Waals surface area contributed by atoms with Gasteiger partial charge in [-0.25, -0.2) is 9.48 Å². The van der Waals surface area contributed by atoms with Crippen molar-refractivity contribution < 1.29 is 4.79 Å². The lowest BCUT2D eigenvalue weighted by Gasteiger charge is -2.19. The van der Waals surface area contributed by atoms with Crippen molar-refractivity contribution in [2.45, 2.75) is 26.8 Å². The lowest BCUT2D eigenvalue weighted by atomic mass is 10.1. The average Bonchev–Trinajstić information content (AvgIpc) is 2.84. The first kappa shape index (κ1) is 14.8. The van der Waals surface area contributed by atoms with E-state index in [2.05, 4.69) is 15.4 Å². The molecule has 0 aromatic carbocycles. The van der Waals surface area contributed by atoms with E-state index in [1.165, 1.54) is 0 Å². The van der Waals surface area contributed by atoms with Crippen LogP contribution in [0.1, 0.15) is 37.3 Å². The van der Waals surface area contributed by atoms with E-state index in [1.807, 2.05) is 25.8 Å². The quantitative estimate of drug-likeness (QED) is 0.770. The van der Waals surface area contributed by atoms with Crippen LogP contribution < -0.4 is 16.6 Å². The molecule has 112 valence electrons. The van der Waals surface area contributed by atoms with Crippen molar-refractivity contribution >= 4 is 11.7 Å². The monoisotopic (exact) mass is 291 g/mol. The second kappa shape index (κ2) is 5.78. The van der Waals surface area contributed by atoms with Gasteiger partial charge in [-0.3, -0.25) is 14.6 Å². The molecule has 0 fully saturated rings. The maximum Gasteiger partial charge on any atom is 0.326 e. The molecule has 0 aliphatic carbocycles. The molecule has 2 rings (SSSR count). The SMILES string of the molecule is CC(C)[C@@H](C)n1nccc1NC(=O)c1cc(=O)[nH]c(=O)[nH]1. The van der Waals surface area contributed by atoms with E-state index in [9.17, 15) is 14.4 Å². The zero-order valence-electron chi connectivity index (χ0n) is 12.0. The summed E-state index contributed by atoms with van der Waals surface area (Å²) in [6.07, 6.45) is 1.58. The molecule has 0 bridgehead atoms. The van der Waals surface area contributed by atoms with Crippen LogP contribution in [0.15, 0.2) is 27.9 Å². The van der Waals surface area contributed by atoms with Crippen LogP contribution in [-0.2, 0) is 0 Å². The van der Waals surface area contributed by atoms with E-state index in [4.69, 9.17) is 0 Å². The van der Waals surface area contributed by atoms with Gasteiger partial charge in [0.2, 0.25) is 0 Å². The van der Waals surface area contributed by atoms with Gasteiger partial charge in [-0.2, -0.15) is 5.10 Å². The number of rotatable bonds is 4. The number of anilines is 1. The van der Waals surface area contributed by atoms with Crippen LogP contribution in [0.25, 0.3) is 0 Å². The Morgan fingerprint density at radius 2 is 2.00 bits per heavy atom. The van der Waals surface area contributed by atoms with Gasteiger partial charge in [0.25, 0.3) is 11.5 Å². The van der Waals surface area contributed by atoms with Gasteiger partial charge in [-0.05, 0) is 12.8 Å². The molecule has 2 aromatic heterocycles. The smallest absolute Gasteiger partial charge is 0.305 e. The first-order chi connectivity index (χ1) is 9.88. The van der Waals surface area contributed by atoms with Gasteiger partial charge in [0.1, 0.15) is 11.5 Å². The Hall–Kier alpha value is -2.64. The standard InChI is InChI=1S/C13H17N5O3/c1-7(2)8(3)18-10(4-5-14-18)16-12(20)9-6-11(19)17-13(21)15-9/h4-8H,1-3H3,(H,16,20)(H2,15,17,19,21)/t8-/m1/s1. The highest BCUT2D eigenvalue weighted by Crippen LogP contribution is 2.20. The highest BCUT2D eigenvalue weighted by molar-refractivity contribution is 6.02. The highest BCUT2D eigenvalue weighted by Gasteiger charge is 2.16. The molecule has 0 spiro atoms. The predicted octanol–water partition coefficient (Wildman–Crippen LogP) is 0.729. The molecule has 0 radical (unpaired) electrons. The fourth-order valence-electron chi connectivity index (χ4n) is 1.79. The minimum atomic E-state index is -0.725. The third-order valence-corrected chi connectivity index (χ3v) is 3.27. The Balaban J connectivity index is 2.26. The van der Waals surface area contributed by atoms with E-state index in [1.54, 1.807) is 16.9 Å². The first-order valence-corrected chi connectivity index (χ1v) is 6.57. The Morgan fingerprint density at radius 3 is 2.62 bits per heavy atom. The average molecular weight is 291 g/mol. The minimum absolute atomic E-state index is 0.0912. The summed E-state index contributed by atoms with van der Waals surface area (Å²) in [6.45, 7) is 6.08. The van der Waals surface area contributed by atoms with Crippen LogP contribution >= 0.6 is 0 Å². The zero-order valence-corrected chi connectivity index (χ0v) is 12.0. The summed E-state index contributed by atoms with van der Waals surface area (Å²) in [6, 6.07) is 2.78. The number of aromatic amines is 2. The summed E-state index contributed by atoms with van der Waals surface area (Å²) in [4.78, 5) is 38.8. The van der Waals surface area contributed by atoms with Crippen molar-refractivity contribution in [1.82, 2.24) is 19.7 Å². The maximum absolute atomic E-state index is 12.1. The molecule has 21 heavy (non-hydrogen) atoms. The number of carbonyl (C=O) groups excluding carboxylic acids is 1. The lowest BCUT2D eigenvalue weighted by molar-refractivity contribution is 0.102. The van der Waals surface area contributed by atoms with Gasteiger partial charge in [0.15, 0.2) is 0 Å². The molecular formula is C13H17N5O3. The Labute approximate surface area is 120 Å². The van der Waals surface area contributed by atoms with Gasteiger partial charge in [0, 0.05) is 12.1 Å². The molecule has 1 atom stereocenters. The number of carbonyl (C=O) groups is 1. The third-order valence-electron chi connectivity index (χ3n) is 3.27. The number of amides is 1. The molecular weight excluding hydrogens is 274 g/mol. The van der Waals surface area contributed by atoms with Crippen LogP contribution in [0.2, 0.25) is 0 Å². The molecule has 3 N–H and O–H groups in total. The van der Waals surface area contributed by atoms with Crippen molar-refractivity contribution in [3.05, 3.63) is 44.9 Å². The van der Waals surface area contributed by atoms with E-state index in [0.29, 0.717) is 11.7 Å². The normalized spacial score (nSPS) is 12.4. The first-order valence-electron chi connectivity index (χ1n) is 6.57. The molecule has 0 unspecified atom stereocenters. The minimum Gasteiger partial charge on any atom is -0.305 e. The van der Waals surface area contributed by atoms with Crippen molar-refractivity contribution in [1.29, 1.82) is 0 Å². The van der Waals surface area contributed by atoms with Crippen molar-refractivity contribution in [3.63, 3.8) is 0 Å². The lowest BCUT2D eigenvalue weighted by Crippen LogP contribution is -2.28. The number of hydrogen-bond acceptors (Lipinski definition) is 4. The summed E-state index contributed by atoms with van der Waals surface area (Å²) >= 11 is 0. The number of hydrogen-bond donors (Lipinski definition) is 3. The Bertz CT molecular complexity index is 727. The Morgan fingerprint density at radius 1 is 1.29 bits per heavy atom. The van der Waals surface area contributed by atoms with Gasteiger partial charge >= 0.3 is 5.69 Å². The molecule has 0 saturated carbocycles. The van der Waals surface area contributed by atoms with E-state index in [0.717, 1.165) is 6.07 Å². The van der Waals surface area contributed by atoms with E-state index >= 15 is 0 Å². The number of nitrogens with one attached hydrogen (secondary N) is 3.